The van der Waals surface area contributed by atoms with E-state index in [2.05, 4.69) is 24.5 Å². The first kappa shape index (κ1) is 20.3. The van der Waals surface area contributed by atoms with E-state index in [1.807, 2.05) is 0 Å². The number of hydrogen-bond donors (Lipinski definition) is 2. The Morgan fingerprint density at radius 3 is 2.27 bits per heavy atom. The minimum absolute atomic E-state index is 0.00774. The van der Waals surface area contributed by atoms with Gasteiger partial charge in [-0.05, 0) is 31.4 Å². The third-order valence-corrected chi connectivity index (χ3v) is 5.68. The molecule has 9 nitrogen and oxygen atoms in total. The van der Waals surface area contributed by atoms with Gasteiger partial charge in [0, 0.05) is 18.5 Å². The largest absolute Gasteiger partial charge is 0.493 e. The summed E-state index contributed by atoms with van der Waals surface area (Å²) in [6.45, 7) is 4.18. The van der Waals surface area contributed by atoms with Gasteiger partial charge in [-0.15, -0.1) is 0 Å². The van der Waals surface area contributed by atoms with E-state index in [1.165, 1.54) is 19.2 Å². The lowest BCUT2D eigenvalue weighted by Gasteiger charge is -2.37. The summed E-state index contributed by atoms with van der Waals surface area (Å²) in [4.78, 5) is 50.4. The van der Waals surface area contributed by atoms with Crippen molar-refractivity contribution in [2.75, 3.05) is 7.11 Å². The number of hydrogen-bond acceptors (Lipinski definition) is 7. The molecule has 1 saturated carbocycles. The average Bonchev–Trinajstić information content (AvgIpc) is 2.89. The summed E-state index contributed by atoms with van der Waals surface area (Å²) >= 11 is 0. The average molecular weight is 415 g/mol. The third kappa shape index (κ3) is 3.54. The molecule has 1 saturated heterocycles. The van der Waals surface area contributed by atoms with Crippen LogP contribution in [0.4, 0.5) is 0 Å². The lowest BCUT2D eigenvalue weighted by molar-refractivity contribution is -0.136. The number of piperidine rings is 1. The van der Waals surface area contributed by atoms with Crippen LogP contribution in [0.3, 0.4) is 0 Å². The Morgan fingerprint density at radius 1 is 1.07 bits per heavy atom. The minimum atomic E-state index is -1.00. The number of benzene rings is 1. The standard InChI is InChI=1S/C21H25N3O6/c1-10(2)22-11-6-12(7-11)30-17-9-14-13(8-16(17)29-3)20(27)24(21(14)28)15-4-5-18(25)23-19(15)26/h8-12,15,22H,4-7H2,1-3H3,(H,23,25,26). The highest BCUT2D eigenvalue weighted by atomic mass is 16.5. The van der Waals surface area contributed by atoms with Gasteiger partial charge in [0.1, 0.15) is 12.1 Å². The Labute approximate surface area is 174 Å². The van der Waals surface area contributed by atoms with Crippen LogP contribution in [0.1, 0.15) is 60.2 Å². The number of fused-ring (bicyclic) bond motifs is 1. The maximum absolute atomic E-state index is 13.0. The highest BCUT2D eigenvalue weighted by Crippen LogP contribution is 2.38. The molecule has 30 heavy (non-hydrogen) atoms. The quantitative estimate of drug-likeness (QED) is 0.667. The number of nitrogens with zero attached hydrogens (tertiary/aromatic N) is 1. The van der Waals surface area contributed by atoms with Crippen LogP contribution in [-0.4, -0.2) is 59.9 Å². The molecule has 2 aliphatic heterocycles. The molecule has 1 aromatic carbocycles. The van der Waals surface area contributed by atoms with Crippen molar-refractivity contribution >= 4 is 23.6 Å². The van der Waals surface area contributed by atoms with Crippen LogP contribution in [-0.2, 0) is 9.59 Å². The Hall–Kier alpha value is -2.94. The fourth-order valence-corrected chi connectivity index (χ4v) is 4.18. The molecule has 0 spiro atoms. The van der Waals surface area contributed by atoms with Crippen molar-refractivity contribution in [3.8, 4) is 11.5 Å². The Kier molecular flexibility index (Phi) is 5.23. The van der Waals surface area contributed by atoms with Gasteiger partial charge in [0.2, 0.25) is 11.8 Å². The van der Waals surface area contributed by atoms with Crippen molar-refractivity contribution < 1.29 is 28.7 Å². The van der Waals surface area contributed by atoms with Gasteiger partial charge in [-0.3, -0.25) is 29.4 Å². The summed E-state index contributed by atoms with van der Waals surface area (Å²) in [7, 11) is 1.47. The van der Waals surface area contributed by atoms with Gasteiger partial charge in [-0.25, -0.2) is 0 Å². The molecule has 1 aliphatic carbocycles. The molecule has 4 amide bonds. The molecule has 2 N–H and O–H groups in total. The predicted molar refractivity (Wildman–Crippen MR) is 105 cm³/mol. The van der Waals surface area contributed by atoms with Crippen LogP contribution in [0.15, 0.2) is 12.1 Å². The molecule has 160 valence electrons. The first-order valence-corrected chi connectivity index (χ1v) is 10.1. The second kappa shape index (κ2) is 7.71. The summed E-state index contributed by atoms with van der Waals surface area (Å²) < 4.78 is 11.4. The SMILES string of the molecule is COc1cc2c(cc1OC1CC(NC(C)C)C1)C(=O)N(C1CCC(=O)NC1=O)C2=O. The van der Waals surface area contributed by atoms with Gasteiger partial charge < -0.3 is 14.8 Å². The van der Waals surface area contributed by atoms with Crippen LogP contribution in [0.5, 0.6) is 11.5 Å². The minimum Gasteiger partial charge on any atom is -0.493 e. The molecular weight excluding hydrogens is 390 g/mol. The number of ether oxygens (including phenoxy) is 2. The van der Waals surface area contributed by atoms with Gasteiger partial charge in [0.15, 0.2) is 11.5 Å². The number of carbonyl (C=O) groups excluding carboxylic acids is 4. The van der Waals surface area contributed by atoms with Gasteiger partial charge in [-0.2, -0.15) is 0 Å². The van der Waals surface area contributed by atoms with Crippen LogP contribution in [0.2, 0.25) is 0 Å². The Balaban J connectivity index is 1.54. The van der Waals surface area contributed by atoms with Crippen LogP contribution in [0.25, 0.3) is 0 Å². The van der Waals surface area contributed by atoms with E-state index in [0.717, 1.165) is 17.7 Å². The maximum Gasteiger partial charge on any atom is 0.262 e. The van der Waals surface area contributed by atoms with Crippen LogP contribution in [0, 0.1) is 0 Å². The van der Waals surface area contributed by atoms with E-state index < -0.39 is 29.7 Å². The number of methoxy groups -OCH3 is 1. The number of imide groups is 2. The highest BCUT2D eigenvalue weighted by Gasteiger charge is 2.45. The Bertz CT molecular complexity index is 922. The predicted octanol–water partition coefficient (Wildman–Crippen LogP) is 1.00. The van der Waals surface area contributed by atoms with Crippen molar-refractivity contribution in [1.82, 2.24) is 15.5 Å². The molecule has 2 heterocycles. The highest BCUT2D eigenvalue weighted by molar-refractivity contribution is 6.23. The summed E-state index contributed by atoms with van der Waals surface area (Å²) in [5.41, 5.74) is 0.346. The molecule has 0 aromatic heterocycles. The number of rotatable bonds is 6. The smallest absolute Gasteiger partial charge is 0.262 e. The zero-order valence-electron chi connectivity index (χ0n) is 17.2. The summed E-state index contributed by atoms with van der Waals surface area (Å²) in [6.07, 6.45) is 1.87. The van der Waals surface area contributed by atoms with Gasteiger partial charge >= 0.3 is 0 Å². The van der Waals surface area contributed by atoms with Crippen LogP contribution < -0.4 is 20.1 Å². The van der Waals surface area contributed by atoms with E-state index in [9.17, 15) is 19.2 Å². The van der Waals surface area contributed by atoms with Crippen molar-refractivity contribution in [2.24, 2.45) is 0 Å². The van der Waals surface area contributed by atoms with Crippen molar-refractivity contribution in [1.29, 1.82) is 0 Å². The lowest BCUT2D eigenvalue weighted by atomic mass is 9.88. The van der Waals surface area contributed by atoms with Crippen molar-refractivity contribution in [3.05, 3.63) is 23.3 Å². The number of amides is 4. The van der Waals surface area contributed by atoms with E-state index in [4.69, 9.17) is 9.47 Å². The molecule has 0 radical (unpaired) electrons. The zero-order valence-corrected chi connectivity index (χ0v) is 17.2. The molecule has 3 aliphatic rings. The van der Waals surface area contributed by atoms with Gasteiger partial charge in [0.05, 0.1) is 18.2 Å². The maximum atomic E-state index is 13.0. The molecule has 2 fully saturated rings. The Morgan fingerprint density at radius 2 is 1.70 bits per heavy atom. The van der Waals surface area contributed by atoms with E-state index >= 15 is 0 Å². The molecule has 4 rings (SSSR count). The van der Waals surface area contributed by atoms with E-state index in [-0.39, 0.29) is 30.1 Å². The molecule has 1 aromatic rings. The van der Waals surface area contributed by atoms with Crippen molar-refractivity contribution in [3.63, 3.8) is 0 Å². The molecule has 1 atom stereocenters. The topological polar surface area (TPSA) is 114 Å². The normalized spacial score (nSPS) is 25.9. The lowest BCUT2D eigenvalue weighted by Crippen LogP contribution is -2.54. The first-order valence-electron chi connectivity index (χ1n) is 10.1. The first-order chi connectivity index (χ1) is 14.3. The van der Waals surface area contributed by atoms with Crippen molar-refractivity contribution in [2.45, 2.75) is 63.8 Å². The number of nitrogens with one attached hydrogen (secondary N) is 2. The molecule has 0 bridgehead atoms. The molecular formula is C21H25N3O6. The third-order valence-electron chi connectivity index (χ3n) is 5.68. The monoisotopic (exact) mass is 415 g/mol. The number of carbonyl (C=O) groups is 4. The molecule has 9 heteroatoms. The second-order valence-corrected chi connectivity index (χ2v) is 8.23. The second-order valence-electron chi connectivity index (χ2n) is 8.23. The van der Waals surface area contributed by atoms with E-state index in [1.54, 1.807) is 0 Å². The fourth-order valence-electron chi connectivity index (χ4n) is 4.18. The van der Waals surface area contributed by atoms with Crippen LogP contribution >= 0.6 is 0 Å². The van der Waals surface area contributed by atoms with Gasteiger partial charge in [-0.1, -0.05) is 13.8 Å². The fraction of sp³-hybridized carbons (Fsp3) is 0.524. The van der Waals surface area contributed by atoms with Gasteiger partial charge in [0.25, 0.3) is 11.8 Å². The van der Waals surface area contributed by atoms with E-state index in [0.29, 0.717) is 23.6 Å². The zero-order chi connectivity index (χ0) is 21.6. The summed E-state index contributed by atoms with van der Waals surface area (Å²) in [6, 6.07) is 2.79. The summed E-state index contributed by atoms with van der Waals surface area (Å²) in [5, 5.41) is 5.64. The summed E-state index contributed by atoms with van der Waals surface area (Å²) in [5.74, 6) is -1.42. The molecule has 1 unspecified atom stereocenters.